The van der Waals surface area contributed by atoms with E-state index >= 15 is 0 Å². The van der Waals surface area contributed by atoms with E-state index in [1.54, 1.807) is 0 Å². The Hall–Kier alpha value is -1.64. The van der Waals surface area contributed by atoms with Gasteiger partial charge in [0.2, 0.25) is 0 Å². The summed E-state index contributed by atoms with van der Waals surface area (Å²) in [4.78, 5) is 25.0. The van der Waals surface area contributed by atoms with Crippen molar-refractivity contribution in [3.8, 4) is 0 Å². The van der Waals surface area contributed by atoms with Gasteiger partial charge in [-0.2, -0.15) is 0 Å². The van der Waals surface area contributed by atoms with Crippen LogP contribution in [0.3, 0.4) is 0 Å². The molecule has 0 saturated heterocycles. The van der Waals surface area contributed by atoms with Crippen LogP contribution >= 0.6 is 0 Å². The average molecular weight is 316 g/mol. The number of Topliss-reactive ketones (excluding diaryl/α,β-unsaturated/α-hetero) is 1. The van der Waals surface area contributed by atoms with Gasteiger partial charge in [0.1, 0.15) is 5.78 Å². The molecule has 1 fully saturated rings. The molecule has 0 spiro atoms. The maximum absolute atomic E-state index is 12.9. The van der Waals surface area contributed by atoms with Gasteiger partial charge in [-0.25, -0.2) is 0 Å². The molecule has 0 heterocycles. The van der Waals surface area contributed by atoms with Crippen LogP contribution in [0.25, 0.3) is 0 Å². The Bertz CT molecular complexity index is 566. The fourth-order valence-electron chi connectivity index (χ4n) is 3.84. The van der Waals surface area contributed by atoms with Gasteiger partial charge in [-0.15, -0.1) is 0 Å². The van der Waals surface area contributed by atoms with Crippen LogP contribution in [0.4, 0.5) is 0 Å². The summed E-state index contributed by atoms with van der Waals surface area (Å²) in [6.45, 7) is 8.39. The Labute approximate surface area is 139 Å². The molecule has 0 N–H and O–H groups in total. The molecule has 23 heavy (non-hydrogen) atoms. The lowest BCUT2D eigenvalue weighted by molar-refractivity contribution is -0.153. The monoisotopic (exact) mass is 316 g/mol. The minimum atomic E-state index is -0.248. The molecular formula is C20H28O3. The minimum absolute atomic E-state index is 0.178. The molecule has 3 heteroatoms. The van der Waals surface area contributed by atoms with E-state index in [4.69, 9.17) is 4.74 Å². The van der Waals surface area contributed by atoms with E-state index in [0.29, 0.717) is 13.0 Å². The minimum Gasteiger partial charge on any atom is -0.466 e. The van der Waals surface area contributed by atoms with Crippen molar-refractivity contribution in [3.05, 3.63) is 34.4 Å². The van der Waals surface area contributed by atoms with E-state index in [1.165, 1.54) is 16.7 Å². The standard InChI is InChI=1S/C20H28O3/c1-5-23-20(22)17-9-7-6-8-16(17)19(21)12-18-14(3)10-13(2)11-15(18)4/h10-11,16-17H,5-9,12H2,1-4H3. The van der Waals surface area contributed by atoms with E-state index in [0.717, 1.165) is 31.2 Å². The third kappa shape index (κ3) is 4.21. The van der Waals surface area contributed by atoms with Crippen LogP contribution in [0.2, 0.25) is 0 Å². The first-order valence-corrected chi connectivity index (χ1v) is 8.70. The lowest BCUT2D eigenvalue weighted by Gasteiger charge is -2.29. The number of ketones is 1. The molecule has 0 bridgehead atoms. The second kappa shape index (κ2) is 7.76. The summed E-state index contributed by atoms with van der Waals surface area (Å²) in [5.74, 6) is -0.425. The van der Waals surface area contributed by atoms with Gasteiger partial charge >= 0.3 is 5.97 Å². The van der Waals surface area contributed by atoms with Gasteiger partial charge in [0, 0.05) is 12.3 Å². The van der Waals surface area contributed by atoms with Gasteiger partial charge in [-0.3, -0.25) is 9.59 Å². The molecule has 0 amide bonds. The Morgan fingerprint density at radius 1 is 1.04 bits per heavy atom. The fraction of sp³-hybridized carbons (Fsp3) is 0.600. The predicted octanol–water partition coefficient (Wildman–Crippen LogP) is 4.09. The molecule has 1 aromatic carbocycles. The summed E-state index contributed by atoms with van der Waals surface area (Å²) in [7, 11) is 0. The second-order valence-corrected chi connectivity index (χ2v) is 6.77. The van der Waals surface area contributed by atoms with E-state index < -0.39 is 0 Å². The number of carbonyl (C=O) groups excluding carboxylic acids is 2. The summed E-state index contributed by atoms with van der Waals surface area (Å²) in [6, 6.07) is 4.25. The number of benzene rings is 1. The van der Waals surface area contributed by atoms with E-state index in [1.807, 2.05) is 6.92 Å². The molecule has 1 aliphatic rings. The maximum Gasteiger partial charge on any atom is 0.309 e. The van der Waals surface area contributed by atoms with Crippen molar-refractivity contribution in [2.24, 2.45) is 11.8 Å². The first-order chi connectivity index (χ1) is 10.9. The third-order valence-corrected chi connectivity index (χ3v) is 4.96. The number of hydrogen-bond acceptors (Lipinski definition) is 3. The summed E-state index contributed by atoms with van der Waals surface area (Å²) in [6.07, 6.45) is 4.06. The van der Waals surface area contributed by atoms with Gasteiger partial charge < -0.3 is 4.74 Å². The predicted molar refractivity (Wildman–Crippen MR) is 91.4 cm³/mol. The normalized spacial score (nSPS) is 21.0. The van der Waals surface area contributed by atoms with Crippen molar-refractivity contribution in [1.29, 1.82) is 0 Å². The molecule has 1 aliphatic carbocycles. The maximum atomic E-state index is 12.9. The van der Waals surface area contributed by atoms with Crippen molar-refractivity contribution in [2.75, 3.05) is 6.61 Å². The van der Waals surface area contributed by atoms with Crippen LogP contribution in [-0.2, 0) is 20.7 Å². The zero-order valence-corrected chi connectivity index (χ0v) is 14.8. The average Bonchev–Trinajstić information content (AvgIpc) is 2.51. The van der Waals surface area contributed by atoms with Crippen LogP contribution in [0.15, 0.2) is 12.1 Å². The SMILES string of the molecule is CCOC(=O)C1CCCCC1C(=O)Cc1c(C)cc(C)cc1C. The highest BCUT2D eigenvalue weighted by molar-refractivity contribution is 5.88. The van der Waals surface area contributed by atoms with Gasteiger partial charge in [-0.1, -0.05) is 30.5 Å². The van der Waals surface area contributed by atoms with Gasteiger partial charge in [0.25, 0.3) is 0 Å². The van der Waals surface area contributed by atoms with E-state index in [2.05, 4.69) is 32.9 Å². The highest BCUT2D eigenvalue weighted by atomic mass is 16.5. The number of hydrogen-bond donors (Lipinski definition) is 0. The molecule has 1 aromatic rings. The molecule has 3 nitrogen and oxygen atoms in total. The van der Waals surface area contributed by atoms with Gasteiger partial charge in [0.05, 0.1) is 12.5 Å². The Kier molecular flexibility index (Phi) is 5.97. The first kappa shape index (κ1) is 17.7. The van der Waals surface area contributed by atoms with Crippen LogP contribution in [0.1, 0.15) is 54.9 Å². The Morgan fingerprint density at radius 2 is 1.61 bits per heavy atom. The largest absolute Gasteiger partial charge is 0.466 e. The number of rotatable bonds is 5. The number of aryl methyl sites for hydroxylation is 3. The quantitative estimate of drug-likeness (QED) is 0.768. The molecule has 2 atom stereocenters. The third-order valence-electron chi connectivity index (χ3n) is 4.96. The number of carbonyl (C=O) groups is 2. The molecule has 0 aromatic heterocycles. The summed E-state index contributed by atoms with van der Waals surface area (Å²) in [5.41, 5.74) is 4.67. The van der Waals surface area contributed by atoms with Gasteiger partial charge in [0.15, 0.2) is 0 Å². The smallest absolute Gasteiger partial charge is 0.309 e. The molecule has 2 unspecified atom stereocenters. The van der Waals surface area contributed by atoms with Crippen LogP contribution in [0.5, 0.6) is 0 Å². The highest BCUT2D eigenvalue weighted by Crippen LogP contribution is 2.33. The molecule has 0 aliphatic heterocycles. The fourth-order valence-corrected chi connectivity index (χ4v) is 3.84. The van der Waals surface area contributed by atoms with Gasteiger partial charge in [-0.05, 0) is 57.2 Å². The summed E-state index contributed by atoms with van der Waals surface area (Å²) < 4.78 is 5.18. The molecular weight excluding hydrogens is 288 g/mol. The Morgan fingerprint density at radius 3 is 2.17 bits per heavy atom. The lowest BCUT2D eigenvalue weighted by Crippen LogP contribution is -2.35. The topological polar surface area (TPSA) is 43.4 Å². The Balaban J connectivity index is 2.16. The molecule has 1 saturated carbocycles. The highest BCUT2D eigenvalue weighted by Gasteiger charge is 2.36. The van der Waals surface area contributed by atoms with E-state index in [9.17, 15) is 9.59 Å². The lowest BCUT2D eigenvalue weighted by atomic mass is 9.75. The number of ether oxygens (including phenoxy) is 1. The molecule has 2 rings (SSSR count). The van der Waals surface area contributed by atoms with Crippen LogP contribution < -0.4 is 0 Å². The van der Waals surface area contributed by atoms with Crippen molar-refractivity contribution >= 4 is 11.8 Å². The van der Waals surface area contributed by atoms with Crippen LogP contribution in [-0.4, -0.2) is 18.4 Å². The molecule has 0 radical (unpaired) electrons. The number of esters is 1. The van der Waals surface area contributed by atoms with Crippen molar-refractivity contribution in [1.82, 2.24) is 0 Å². The summed E-state index contributed by atoms with van der Waals surface area (Å²) in [5, 5.41) is 0. The zero-order valence-electron chi connectivity index (χ0n) is 14.8. The van der Waals surface area contributed by atoms with E-state index in [-0.39, 0.29) is 23.6 Å². The second-order valence-electron chi connectivity index (χ2n) is 6.77. The van der Waals surface area contributed by atoms with Crippen molar-refractivity contribution in [3.63, 3.8) is 0 Å². The molecule has 126 valence electrons. The van der Waals surface area contributed by atoms with Crippen molar-refractivity contribution in [2.45, 2.75) is 59.8 Å². The van der Waals surface area contributed by atoms with Crippen LogP contribution in [0, 0.1) is 32.6 Å². The first-order valence-electron chi connectivity index (χ1n) is 8.70. The zero-order chi connectivity index (χ0) is 17.0. The summed E-state index contributed by atoms with van der Waals surface area (Å²) >= 11 is 0. The van der Waals surface area contributed by atoms with Crippen molar-refractivity contribution < 1.29 is 14.3 Å².